The van der Waals surface area contributed by atoms with Crippen molar-refractivity contribution in [1.29, 1.82) is 0 Å². The minimum Gasteiger partial charge on any atom is -0.313 e. The molecule has 0 aliphatic carbocycles. The second kappa shape index (κ2) is 2.85. The molecule has 0 spiro atoms. The van der Waals surface area contributed by atoms with Crippen LogP contribution in [0.4, 0.5) is 0 Å². The highest BCUT2D eigenvalue weighted by atomic mass is 31.2. The topological polar surface area (TPSA) is 69.6 Å². The summed E-state index contributed by atoms with van der Waals surface area (Å²) < 4.78 is 9.88. The molecule has 46 valence electrons. The predicted octanol–water partition coefficient (Wildman–Crippen LogP) is -0.698. The Labute approximate surface area is 47.1 Å². The Kier molecular flexibility index (Phi) is 2.74. The van der Waals surface area contributed by atoms with Crippen molar-refractivity contribution in [3.63, 3.8) is 0 Å². The van der Waals surface area contributed by atoms with Crippen LogP contribution in [0.2, 0.25) is 0 Å². The molecule has 0 aliphatic rings. The van der Waals surface area contributed by atoms with Crippen LogP contribution in [-0.4, -0.2) is 16.3 Å². The highest BCUT2D eigenvalue weighted by Crippen LogP contribution is 2.26. The zero-order valence-corrected chi connectivity index (χ0v) is 4.93. The van der Waals surface area contributed by atoms with Gasteiger partial charge in [-0.15, -0.1) is 6.42 Å². The molecule has 0 unspecified atom stereocenters. The fourth-order valence-electron chi connectivity index (χ4n) is 0.149. The molecule has 0 heterocycles. The lowest BCUT2D eigenvalue weighted by atomic mass is 10.7. The first-order chi connectivity index (χ1) is 3.56. The smallest absolute Gasteiger partial charge is 0.313 e. The first kappa shape index (κ1) is 7.67. The molecule has 3 N–H and O–H groups in total. The molecule has 0 atom stereocenters. The van der Waals surface area contributed by atoms with Crippen molar-refractivity contribution in [2.75, 3.05) is 6.54 Å². The Balaban J connectivity index is 3.45. The lowest BCUT2D eigenvalue weighted by Crippen LogP contribution is -2.08. The summed E-state index contributed by atoms with van der Waals surface area (Å²) in [6, 6.07) is 0. The fourth-order valence-corrected chi connectivity index (χ4v) is 0.446. The standard InChI is InChI=1S/C3H6NO3P/c1-2-3-4-8(5,6)7/h1H,3H2,(H3,4,5,6,7). The van der Waals surface area contributed by atoms with Crippen LogP contribution in [0.3, 0.4) is 0 Å². The van der Waals surface area contributed by atoms with Crippen LogP contribution in [0, 0.1) is 12.3 Å². The van der Waals surface area contributed by atoms with Gasteiger partial charge in [0.05, 0.1) is 6.54 Å². The first-order valence-corrected chi connectivity index (χ1v) is 3.41. The quantitative estimate of drug-likeness (QED) is 0.346. The van der Waals surface area contributed by atoms with Gasteiger partial charge < -0.3 is 9.79 Å². The molecule has 8 heavy (non-hydrogen) atoms. The molecule has 4 nitrogen and oxygen atoms in total. The van der Waals surface area contributed by atoms with E-state index in [2.05, 4.69) is 6.42 Å². The molecule has 0 fully saturated rings. The van der Waals surface area contributed by atoms with Crippen molar-refractivity contribution in [2.24, 2.45) is 0 Å². The molecule has 0 radical (unpaired) electrons. The van der Waals surface area contributed by atoms with Gasteiger partial charge in [0.2, 0.25) is 0 Å². The summed E-state index contributed by atoms with van der Waals surface area (Å²) in [6.07, 6.45) is 4.68. The second-order valence-electron chi connectivity index (χ2n) is 1.08. The minimum absolute atomic E-state index is 0.107. The summed E-state index contributed by atoms with van der Waals surface area (Å²) in [4.78, 5) is 16.1. The molecule has 0 rings (SSSR count). The third-order valence-electron chi connectivity index (χ3n) is 0.387. The maximum atomic E-state index is 9.88. The normalized spacial score (nSPS) is 10.6. The van der Waals surface area contributed by atoms with Crippen molar-refractivity contribution in [1.82, 2.24) is 5.09 Å². The lowest BCUT2D eigenvalue weighted by molar-refractivity contribution is 0.360. The Morgan fingerprint density at radius 2 is 2.25 bits per heavy atom. The van der Waals surface area contributed by atoms with Gasteiger partial charge in [0.1, 0.15) is 0 Å². The summed E-state index contributed by atoms with van der Waals surface area (Å²) in [5, 5.41) is 1.80. The average Bonchev–Trinajstić information content (AvgIpc) is 1.59. The van der Waals surface area contributed by atoms with Crippen molar-refractivity contribution in [3.8, 4) is 12.3 Å². The second-order valence-corrected chi connectivity index (χ2v) is 2.49. The zero-order valence-electron chi connectivity index (χ0n) is 4.03. The van der Waals surface area contributed by atoms with Gasteiger partial charge >= 0.3 is 7.75 Å². The molecular weight excluding hydrogens is 129 g/mol. The van der Waals surface area contributed by atoms with Crippen LogP contribution >= 0.6 is 7.75 Å². The van der Waals surface area contributed by atoms with Gasteiger partial charge in [-0.05, 0) is 0 Å². The van der Waals surface area contributed by atoms with E-state index in [0.29, 0.717) is 0 Å². The van der Waals surface area contributed by atoms with E-state index in [0.717, 1.165) is 0 Å². The molecular formula is C3H6NO3P. The SMILES string of the molecule is C#CCNP(=O)(O)O. The van der Waals surface area contributed by atoms with Gasteiger partial charge in [-0.25, -0.2) is 9.65 Å². The predicted molar refractivity (Wildman–Crippen MR) is 28.9 cm³/mol. The van der Waals surface area contributed by atoms with Crippen molar-refractivity contribution >= 4 is 7.75 Å². The summed E-state index contributed by atoms with van der Waals surface area (Å²) in [6.45, 7) is -0.107. The molecule has 0 amide bonds. The van der Waals surface area contributed by atoms with Crippen molar-refractivity contribution in [3.05, 3.63) is 0 Å². The summed E-state index contributed by atoms with van der Waals surface area (Å²) in [5.41, 5.74) is 0. The zero-order chi connectivity index (χ0) is 6.62. The van der Waals surface area contributed by atoms with Crippen molar-refractivity contribution in [2.45, 2.75) is 0 Å². The van der Waals surface area contributed by atoms with E-state index in [9.17, 15) is 4.57 Å². The largest absolute Gasteiger partial charge is 0.401 e. The third kappa shape index (κ3) is 5.67. The lowest BCUT2D eigenvalue weighted by Gasteiger charge is -1.99. The monoisotopic (exact) mass is 135 g/mol. The molecule has 5 heteroatoms. The van der Waals surface area contributed by atoms with Gasteiger partial charge in [0.25, 0.3) is 0 Å². The summed E-state index contributed by atoms with van der Waals surface area (Å²) >= 11 is 0. The van der Waals surface area contributed by atoms with Gasteiger partial charge in [0.15, 0.2) is 0 Å². The van der Waals surface area contributed by atoms with Gasteiger partial charge in [-0.1, -0.05) is 5.92 Å². The Hall–Kier alpha value is -0.330. The number of nitrogens with one attached hydrogen (secondary N) is 1. The third-order valence-corrected chi connectivity index (χ3v) is 0.957. The summed E-state index contributed by atoms with van der Waals surface area (Å²) in [7, 11) is -4.07. The molecule has 0 aromatic heterocycles. The number of rotatable bonds is 2. The highest BCUT2D eigenvalue weighted by molar-refractivity contribution is 7.49. The van der Waals surface area contributed by atoms with E-state index >= 15 is 0 Å². The first-order valence-electron chi connectivity index (χ1n) is 1.80. The van der Waals surface area contributed by atoms with E-state index in [-0.39, 0.29) is 6.54 Å². The highest BCUT2D eigenvalue weighted by Gasteiger charge is 2.08. The van der Waals surface area contributed by atoms with Gasteiger partial charge in [-0.3, -0.25) is 0 Å². The minimum atomic E-state index is -4.07. The molecule has 0 saturated carbocycles. The molecule has 0 saturated heterocycles. The fraction of sp³-hybridized carbons (Fsp3) is 0.333. The van der Waals surface area contributed by atoms with Crippen LogP contribution < -0.4 is 5.09 Å². The number of terminal acetylenes is 1. The van der Waals surface area contributed by atoms with Crippen molar-refractivity contribution < 1.29 is 14.4 Å². The van der Waals surface area contributed by atoms with Crippen LogP contribution in [-0.2, 0) is 4.57 Å². The molecule has 0 aromatic rings. The van der Waals surface area contributed by atoms with E-state index in [4.69, 9.17) is 9.79 Å². The van der Waals surface area contributed by atoms with Crippen LogP contribution in [0.25, 0.3) is 0 Å². The molecule has 0 aliphatic heterocycles. The Bertz CT molecular complexity index is 143. The maximum Gasteiger partial charge on any atom is 0.401 e. The van der Waals surface area contributed by atoms with Crippen LogP contribution in [0.15, 0.2) is 0 Å². The number of hydrogen-bond donors (Lipinski definition) is 3. The van der Waals surface area contributed by atoms with Gasteiger partial charge in [0, 0.05) is 0 Å². The van der Waals surface area contributed by atoms with E-state index in [1.807, 2.05) is 5.92 Å². The average molecular weight is 135 g/mol. The van der Waals surface area contributed by atoms with Gasteiger partial charge in [-0.2, -0.15) is 0 Å². The number of hydrogen-bond acceptors (Lipinski definition) is 1. The Morgan fingerprint density at radius 1 is 1.75 bits per heavy atom. The van der Waals surface area contributed by atoms with Crippen LogP contribution in [0.1, 0.15) is 0 Å². The van der Waals surface area contributed by atoms with E-state index < -0.39 is 7.75 Å². The maximum absolute atomic E-state index is 9.88. The van der Waals surface area contributed by atoms with Crippen LogP contribution in [0.5, 0.6) is 0 Å². The Morgan fingerprint density at radius 3 is 2.38 bits per heavy atom. The summed E-state index contributed by atoms with van der Waals surface area (Å²) in [5.74, 6) is 2.02. The van der Waals surface area contributed by atoms with E-state index in [1.54, 1.807) is 5.09 Å². The molecule has 0 aromatic carbocycles. The van der Waals surface area contributed by atoms with E-state index in [1.165, 1.54) is 0 Å². The molecule has 0 bridgehead atoms.